The molecule has 1 heterocycles. The molecule has 1 aliphatic rings. The van der Waals surface area contributed by atoms with Crippen LogP contribution in [-0.4, -0.2) is 17.6 Å². The summed E-state index contributed by atoms with van der Waals surface area (Å²) in [5, 5.41) is 16.0. The number of anilines is 1. The van der Waals surface area contributed by atoms with Crippen molar-refractivity contribution in [3.63, 3.8) is 0 Å². The number of nitrogens with one attached hydrogen (secondary N) is 2. The largest absolute Gasteiger partial charge is 0.325 e. The van der Waals surface area contributed by atoms with E-state index in [1.807, 2.05) is 57.2 Å². The van der Waals surface area contributed by atoms with Gasteiger partial charge < -0.3 is 10.6 Å². The highest BCUT2D eigenvalue weighted by molar-refractivity contribution is 9.10. The second-order valence-electron chi connectivity index (χ2n) is 7.52. The molecule has 5 nitrogen and oxygen atoms in total. The van der Waals surface area contributed by atoms with Crippen molar-refractivity contribution in [1.82, 2.24) is 5.32 Å². The maximum Gasteiger partial charge on any atom is 0.234 e. The molecule has 0 aliphatic carbocycles. The van der Waals surface area contributed by atoms with E-state index in [9.17, 15) is 14.9 Å². The summed E-state index contributed by atoms with van der Waals surface area (Å²) in [6, 6.07) is 14.1. The first-order chi connectivity index (χ1) is 14.8. The zero-order chi connectivity index (χ0) is 22.5. The molecule has 0 spiro atoms. The summed E-state index contributed by atoms with van der Waals surface area (Å²) in [7, 11) is 0. The minimum Gasteiger partial charge on any atom is -0.325 e. The fourth-order valence-electron chi connectivity index (χ4n) is 3.60. The molecule has 0 radical (unpaired) electrons. The van der Waals surface area contributed by atoms with Gasteiger partial charge in [-0.25, -0.2) is 0 Å². The Hall–Kier alpha value is -2.56. The van der Waals surface area contributed by atoms with E-state index >= 15 is 0 Å². The number of hydrogen-bond donors (Lipinski definition) is 2. The van der Waals surface area contributed by atoms with Crippen molar-refractivity contribution in [1.29, 1.82) is 5.26 Å². The Morgan fingerprint density at radius 1 is 1.29 bits per heavy atom. The summed E-state index contributed by atoms with van der Waals surface area (Å²) in [6.45, 7) is 5.99. The third-order valence-electron chi connectivity index (χ3n) is 5.21. The third-order valence-corrected chi connectivity index (χ3v) is 6.69. The van der Waals surface area contributed by atoms with Crippen LogP contribution < -0.4 is 10.6 Å². The first kappa shape index (κ1) is 23.1. The van der Waals surface area contributed by atoms with Crippen LogP contribution in [0.2, 0.25) is 0 Å². The molecule has 1 atom stereocenters. The summed E-state index contributed by atoms with van der Waals surface area (Å²) in [4.78, 5) is 25.0. The topological polar surface area (TPSA) is 82.0 Å². The summed E-state index contributed by atoms with van der Waals surface area (Å²) in [5.74, 6) is -0.531. The van der Waals surface area contributed by atoms with E-state index in [0.717, 1.165) is 38.8 Å². The Balaban J connectivity index is 1.78. The van der Waals surface area contributed by atoms with Crippen LogP contribution in [-0.2, 0) is 16.0 Å². The van der Waals surface area contributed by atoms with Crippen molar-refractivity contribution in [2.45, 2.75) is 39.5 Å². The quantitative estimate of drug-likeness (QED) is 0.564. The van der Waals surface area contributed by atoms with Crippen LogP contribution in [0.4, 0.5) is 5.69 Å². The minimum atomic E-state index is -0.301. The fraction of sp³-hybridized carbons (Fsp3) is 0.292. The molecule has 160 valence electrons. The van der Waals surface area contributed by atoms with Crippen LogP contribution >= 0.6 is 27.7 Å². The molecule has 3 rings (SSSR count). The number of nitriles is 1. The molecule has 2 aromatic carbocycles. The molecule has 0 bridgehead atoms. The number of amides is 2. The predicted molar refractivity (Wildman–Crippen MR) is 129 cm³/mol. The third kappa shape index (κ3) is 5.57. The molecule has 2 N–H and O–H groups in total. The smallest absolute Gasteiger partial charge is 0.234 e. The number of rotatable bonds is 6. The van der Waals surface area contributed by atoms with Gasteiger partial charge in [0.15, 0.2) is 0 Å². The predicted octanol–water partition coefficient (Wildman–Crippen LogP) is 5.34. The van der Waals surface area contributed by atoms with E-state index in [0.29, 0.717) is 10.6 Å². The maximum absolute atomic E-state index is 12.7. The number of allylic oxidation sites excluding steroid dienone is 1. The number of aryl methyl sites for hydroxylation is 3. The molecule has 0 fully saturated rings. The monoisotopic (exact) mass is 497 g/mol. The lowest BCUT2D eigenvalue weighted by atomic mass is 9.87. The van der Waals surface area contributed by atoms with Crippen molar-refractivity contribution >= 4 is 45.2 Å². The second-order valence-corrected chi connectivity index (χ2v) is 9.42. The second kappa shape index (κ2) is 10.2. The normalized spacial score (nSPS) is 16.0. The minimum absolute atomic E-state index is 0.0973. The lowest BCUT2D eigenvalue weighted by Gasteiger charge is -2.25. The molecule has 0 saturated heterocycles. The lowest BCUT2D eigenvalue weighted by molar-refractivity contribution is -0.121. The molecule has 7 heteroatoms. The summed E-state index contributed by atoms with van der Waals surface area (Å²) in [5.41, 5.74) is 5.39. The van der Waals surface area contributed by atoms with Gasteiger partial charge in [-0.2, -0.15) is 5.26 Å². The van der Waals surface area contributed by atoms with Crippen LogP contribution in [0.3, 0.4) is 0 Å². The van der Waals surface area contributed by atoms with Crippen LogP contribution in [0.25, 0.3) is 0 Å². The van der Waals surface area contributed by atoms with Crippen LogP contribution in [0.1, 0.15) is 41.5 Å². The standard InChI is InChI=1S/C24H24BrN3O2S/c1-4-16-10-18(25)9-15(3)23(16)27-22(30)13-31-24-20(12-26)19(11-21(29)28-24)17-7-5-14(2)6-8-17/h5-10,19H,4,11,13H2,1-3H3,(H,27,30)(H,28,29)/t19-/m0/s1. The van der Waals surface area contributed by atoms with Gasteiger partial charge in [0, 0.05) is 22.5 Å². The Bertz CT molecular complexity index is 1090. The number of halogens is 1. The van der Waals surface area contributed by atoms with Gasteiger partial charge in [-0.1, -0.05) is 64.4 Å². The first-order valence-corrected chi connectivity index (χ1v) is 11.8. The van der Waals surface area contributed by atoms with E-state index in [2.05, 4.69) is 32.6 Å². The number of carbonyl (C=O) groups excluding carboxylic acids is 2. The van der Waals surface area contributed by atoms with Gasteiger partial charge in [0.05, 0.1) is 22.4 Å². The van der Waals surface area contributed by atoms with Crippen LogP contribution in [0.15, 0.2) is 51.5 Å². The summed E-state index contributed by atoms with van der Waals surface area (Å²) >= 11 is 4.68. The molecule has 1 aliphatic heterocycles. The van der Waals surface area contributed by atoms with Crippen LogP contribution in [0, 0.1) is 25.2 Å². The van der Waals surface area contributed by atoms with Gasteiger partial charge in [0.2, 0.25) is 11.8 Å². The molecular formula is C24H24BrN3O2S. The lowest BCUT2D eigenvalue weighted by Crippen LogP contribution is -2.31. The Morgan fingerprint density at radius 2 is 2.00 bits per heavy atom. The number of nitrogens with zero attached hydrogens (tertiary/aromatic N) is 1. The maximum atomic E-state index is 12.7. The summed E-state index contributed by atoms with van der Waals surface area (Å²) in [6.07, 6.45) is 1.02. The van der Waals surface area contributed by atoms with E-state index in [1.165, 1.54) is 11.8 Å². The Labute approximate surface area is 195 Å². The van der Waals surface area contributed by atoms with Crippen molar-refractivity contribution in [3.05, 3.63) is 73.7 Å². The van der Waals surface area contributed by atoms with E-state index < -0.39 is 0 Å². The highest BCUT2D eigenvalue weighted by Gasteiger charge is 2.29. The summed E-state index contributed by atoms with van der Waals surface area (Å²) < 4.78 is 0.977. The first-order valence-electron chi connectivity index (χ1n) is 10.0. The molecule has 0 unspecified atom stereocenters. The average Bonchev–Trinajstić information content (AvgIpc) is 2.74. The molecule has 0 aromatic heterocycles. The molecule has 31 heavy (non-hydrogen) atoms. The SMILES string of the molecule is CCc1cc(Br)cc(C)c1NC(=O)CSC1=C(C#N)[C@H](c2ccc(C)cc2)CC(=O)N1. The fourth-order valence-corrected chi connectivity index (χ4v) is 5.10. The van der Waals surface area contributed by atoms with Crippen molar-refractivity contribution in [3.8, 4) is 6.07 Å². The Kier molecular flexibility index (Phi) is 7.58. The van der Waals surface area contributed by atoms with Gasteiger partial charge in [-0.15, -0.1) is 0 Å². The molecule has 0 saturated carbocycles. The molecule has 2 aromatic rings. The zero-order valence-electron chi connectivity index (χ0n) is 17.7. The van der Waals surface area contributed by atoms with Crippen molar-refractivity contribution in [2.75, 3.05) is 11.1 Å². The number of carbonyl (C=O) groups is 2. The van der Waals surface area contributed by atoms with Gasteiger partial charge in [0.1, 0.15) is 0 Å². The zero-order valence-corrected chi connectivity index (χ0v) is 20.1. The van der Waals surface area contributed by atoms with Crippen LogP contribution in [0.5, 0.6) is 0 Å². The van der Waals surface area contributed by atoms with Gasteiger partial charge in [-0.05, 0) is 49.1 Å². The van der Waals surface area contributed by atoms with Gasteiger partial charge in [0.25, 0.3) is 0 Å². The highest BCUT2D eigenvalue weighted by Crippen LogP contribution is 2.36. The van der Waals surface area contributed by atoms with E-state index in [1.54, 1.807) is 0 Å². The number of benzene rings is 2. The van der Waals surface area contributed by atoms with Crippen molar-refractivity contribution < 1.29 is 9.59 Å². The van der Waals surface area contributed by atoms with E-state index in [-0.39, 0.29) is 29.9 Å². The van der Waals surface area contributed by atoms with Crippen molar-refractivity contribution in [2.24, 2.45) is 0 Å². The molecular weight excluding hydrogens is 474 g/mol. The highest BCUT2D eigenvalue weighted by atomic mass is 79.9. The molecule has 2 amide bonds. The number of hydrogen-bond acceptors (Lipinski definition) is 4. The van der Waals surface area contributed by atoms with Gasteiger partial charge >= 0.3 is 0 Å². The van der Waals surface area contributed by atoms with Gasteiger partial charge in [-0.3, -0.25) is 9.59 Å². The number of thioether (sulfide) groups is 1. The average molecular weight is 498 g/mol. The Morgan fingerprint density at radius 3 is 2.65 bits per heavy atom. The van der Waals surface area contributed by atoms with E-state index in [4.69, 9.17) is 0 Å².